The Morgan fingerprint density at radius 3 is 2.56 bits per heavy atom. The Bertz CT molecular complexity index is 519. The van der Waals surface area contributed by atoms with E-state index in [2.05, 4.69) is 15.5 Å². The van der Waals surface area contributed by atoms with E-state index in [0.29, 0.717) is 11.4 Å². The van der Waals surface area contributed by atoms with E-state index in [9.17, 15) is 4.39 Å². The van der Waals surface area contributed by atoms with Crippen LogP contribution in [0.3, 0.4) is 0 Å². The lowest BCUT2D eigenvalue weighted by Gasteiger charge is -2.07. The number of para-hydroxylation sites is 1. The molecule has 0 aliphatic rings. The van der Waals surface area contributed by atoms with E-state index in [4.69, 9.17) is 23.2 Å². The maximum absolute atomic E-state index is 13.3. The summed E-state index contributed by atoms with van der Waals surface area (Å²) < 4.78 is 13.3. The summed E-state index contributed by atoms with van der Waals surface area (Å²) in [4.78, 5) is 0. The second-order valence-corrected chi connectivity index (χ2v) is 3.72. The molecule has 0 saturated heterocycles. The first-order chi connectivity index (χ1) is 7.66. The number of benzene rings is 1. The zero-order valence-corrected chi connectivity index (χ0v) is 9.43. The van der Waals surface area contributed by atoms with Crippen molar-refractivity contribution in [2.24, 2.45) is 0 Å². The first-order valence-electron chi connectivity index (χ1n) is 4.37. The van der Waals surface area contributed by atoms with Crippen molar-refractivity contribution in [3.05, 3.63) is 46.5 Å². The smallest absolute Gasteiger partial charge is 0.175 e. The van der Waals surface area contributed by atoms with Gasteiger partial charge in [-0.2, -0.15) is 0 Å². The van der Waals surface area contributed by atoms with E-state index in [-0.39, 0.29) is 16.1 Å². The van der Waals surface area contributed by atoms with E-state index >= 15 is 0 Å². The summed E-state index contributed by atoms with van der Waals surface area (Å²) in [5, 5.41) is 10.3. The average Bonchev–Trinajstić information content (AvgIpc) is 2.27. The van der Waals surface area contributed by atoms with Crippen LogP contribution in [0.15, 0.2) is 30.3 Å². The molecule has 3 nitrogen and oxygen atoms in total. The average molecular weight is 258 g/mol. The third kappa shape index (κ3) is 2.40. The molecule has 0 aliphatic heterocycles. The Hall–Kier alpha value is -1.39. The van der Waals surface area contributed by atoms with Crippen LogP contribution in [0.4, 0.5) is 15.8 Å². The van der Waals surface area contributed by atoms with Crippen LogP contribution in [0, 0.1) is 5.82 Å². The van der Waals surface area contributed by atoms with E-state index in [1.807, 2.05) is 0 Å². The fraction of sp³-hybridized carbons (Fsp3) is 0. The molecule has 0 unspecified atom stereocenters. The SMILES string of the molecule is Fc1ccccc1Nc1cc(Cl)nnc1Cl. The summed E-state index contributed by atoms with van der Waals surface area (Å²) in [5.41, 5.74) is 0.709. The van der Waals surface area contributed by atoms with Gasteiger partial charge < -0.3 is 5.32 Å². The molecule has 1 N–H and O–H groups in total. The standard InChI is InChI=1S/C10H6Cl2FN3/c11-9-5-8(10(12)16-15-9)14-7-4-2-1-3-6(7)13/h1-5H,(H,14,15). The minimum Gasteiger partial charge on any atom is -0.350 e. The largest absolute Gasteiger partial charge is 0.350 e. The van der Waals surface area contributed by atoms with Gasteiger partial charge in [-0.3, -0.25) is 0 Å². The van der Waals surface area contributed by atoms with Crippen LogP contribution in [0.1, 0.15) is 0 Å². The lowest BCUT2D eigenvalue weighted by Crippen LogP contribution is -1.96. The Balaban J connectivity index is 2.34. The molecule has 82 valence electrons. The van der Waals surface area contributed by atoms with Crippen LogP contribution in [0.25, 0.3) is 0 Å². The minimum absolute atomic E-state index is 0.132. The van der Waals surface area contributed by atoms with E-state index < -0.39 is 0 Å². The molecule has 0 fully saturated rings. The quantitative estimate of drug-likeness (QED) is 0.893. The van der Waals surface area contributed by atoms with Gasteiger partial charge in [0.2, 0.25) is 0 Å². The van der Waals surface area contributed by atoms with Crippen LogP contribution in [-0.2, 0) is 0 Å². The van der Waals surface area contributed by atoms with Crippen molar-refractivity contribution >= 4 is 34.6 Å². The number of nitrogens with one attached hydrogen (secondary N) is 1. The zero-order chi connectivity index (χ0) is 11.5. The highest BCUT2D eigenvalue weighted by Crippen LogP contribution is 2.26. The molecule has 16 heavy (non-hydrogen) atoms. The Morgan fingerprint density at radius 2 is 1.81 bits per heavy atom. The number of hydrogen-bond donors (Lipinski definition) is 1. The van der Waals surface area contributed by atoms with Crippen LogP contribution in [0.2, 0.25) is 10.3 Å². The number of halogens is 3. The van der Waals surface area contributed by atoms with E-state index in [0.717, 1.165) is 0 Å². The molecule has 0 atom stereocenters. The van der Waals surface area contributed by atoms with Gasteiger partial charge in [-0.1, -0.05) is 35.3 Å². The number of anilines is 2. The number of aromatic nitrogens is 2. The third-order valence-corrected chi connectivity index (χ3v) is 2.33. The van der Waals surface area contributed by atoms with Crippen molar-refractivity contribution in [3.63, 3.8) is 0 Å². The lowest BCUT2D eigenvalue weighted by atomic mass is 10.3. The van der Waals surface area contributed by atoms with Crippen molar-refractivity contribution in [2.75, 3.05) is 5.32 Å². The monoisotopic (exact) mass is 257 g/mol. The van der Waals surface area contributed by atoms with Crippen molar-refractivity contribution in [2.45, 2.75) is 0 Å². The topological polar surface area (TPSA) is 37.8 Å². The highest BCUT2D eigenvalue weighted by Gasteiger charge is 2.06. The predicted molar refractivity (Wildman–Crippen MR) is 61.7 cm³/mol. The first-order valence-corrected chi connectivity index (χ1v) is 5.12. The van der Waals surface area contributed by atoms with Crippen molar-refractivity contribution in [1.82, 2.24) is 10.2 Å². The summed E-state index contributed by atoms with van der Waals surface area (Å²) in [6, 6.07) is 7.70. The zero-order valence-electron chi connectivity index (χ0n) is 7.92. The van der Waals surface area contributed by atoms with Crippen molar-refractivity contribution in [1.29, 1.82) is 0 Å². The molecule has 0 amide bonds. The first kappa shape index (κ1) is 11.1. The fourth-order valence-corrected chi connectivity index (χ4v) is 1.43. The summed E-state index contributed by atoms with van der Waals surface area (Å²) in [7, 11) is 0. The highest BCUT2D eigenvalue weighted by molar-refractivity contribution is 6.33. The van der Waals surface area contributed by atoms with E-state index in [1.54, 1.807) is 18.2 Å². The summed E-state index contributed by atoms with van der Waals surface area (Å²) in [5.74, 6) is -0.383. The van der Waals surface area contributed by atoms with Gasteiger partial charge in [0.15, 0.2) is 10.3 Å². The Labute approximate surface area is 101 Å². The van der Waals surface area contributed by atoms with Gasteiger partial charge in [-0.15, -0.1) is 10.2 Å². The Kier molecular flexibility index (Phi) is 3.22. The Morgan fingerprint density at radius 1 is 1.06 bits per heavy atom. The highest BCUT2D eigenvalue weighted by atomic mass is 35.5. The lowest BCUT2D eigenvalue weighted by molar-refractivity contribution is 0.632. The van der Waals surface area contributed by atoms with Gasteiger partial charge in [-0.25, -0.2) is 4.39 Å². The number of rotatable bonds is 2. The van der Waals surface area contributed by atoms with Gasteiger partial charge in [-0.05, 0) is 12.1 Å². The van der Waals surface area contributed by atoms with Gasteiger partial charge in [0.25, 0.3) is 0 Å². The van der Waals surface area contributed by atoms with Crippen LogP contribution in [-0.4, -0.2) is 10.2 Å². The fourth-order valence-electron chi connectivity index (χ4n) is 1.15. The van der Waals surface area contributed by atoms with E-state index in [1.165, 1.54) is 12.1 Å². The molecule has 1 aromatic heterocycles. The maximum atomic E-state index is 13.3. The normalized spacial score (nSPS) is 10.2. The van der Waals surface area contributed by atoms with Crippen molar-refractivity contribution < 1.29 is 4.39 Å². The van der Waals surface area contributed by atoms with Gasteiger partial charge in [0.1, 0.15) is 5.82 Å². The summed E-state index contributed by atoms with van der Waals surface area (Å²) in [6.45, 7) is 0. The molecule has 0 saturated carbocycles. The minimum atomic E-state index is -0.383. The molecule has 0 radical (unpaired) electrons. The molecule has 2 aromatic rings. The van der Waals surface area contributed by atoms with Gasteiger partial charge in [0.05, 0.1) is 11.4 Å². The summed E-state index contributed by atoms with van der Waals surface area (Å²) in [6.07, 6.45) is 0. The molecule has 0 spiro atoms. The van der Waals surface area contributed by atoms with Gasteiger partial charge >= 0.3 is 0 Å². The van der Waals surface area contributed by atoms with Crippen LogP contribution in [0.5, 0.6) is 0 Å². The van der Waals surface area contributed by atoms with Crippen LogP contribution < -0.4 is 5.32 Å². The van der Waals surface area contributed by atoms with Gasteiger partial charge in [0, 0.05) is 6.07 Å². The molecule has 1 heterocycles. The van der Waals surface area contributed by atoms with Crippen molar-refractivity contribution in [3.8, 4) is 0 Å². The molecular formula is C10H6Cl2FN3. The molecule has 2 rings (SSSR count). The predicted octanol–water partition coefficient (Wildman–Crippen LogP) is 3.67. The third-order valence-electron chi connectivity index (χ3n) is 1.86. The second kappa shape index (κ2) is 4.63. The van der Waals surface area contributed by atoms with Crippen LogP contribution >= 0.6 is 23.2 Å². The molecule has 1 aromatic carbocycles. The summed E-state index contributed by atoms with van der Waals surface area (Å²) >= 11 is 11.4. The molecule has 0 aliphatic carbocycles. The molecular weight excluding hydrogens is 252 g/mol. The molecule has 0 bridgehead atoms. The number of hydrogen-bond acceptors (Lipinski definition) is 3. The molecule has 6 heteroatoms. The maximum Gasteiger partial charge on any atom is 0.175 e. The number of nitrogens with zero attached hydrogens (tertiary/aromatic N) is 2. The second-order valence-electron chi connectivity index (χ2n) is 2.98.